The lowest BCUT2D eigenvalue weighted by atomic mass is 10.1. The molecule has 0 radical (unpaired) electrons. The number of fused-ring (bicyclic) bond motifs is 1. The number of carbonyl (C=O) groups is 2. The van der Waals surface area contributed by atoms with Gasteiger partial charge in [-0.1, -0.05) is 36.4 Å². The lowest BCUT2D eigenvalue weighted by Gasteiger charge is -2.14. The van der Waals surface area contributed by atoms with E-state index >= 15 is 0 Å². The van der Waals surface area contributed by atoms with E-state index in [1.807, 2.05) is 36.4 Å². The van der Waals surface area contributed by atoms with Gasteiger partial charge >= 0.3 is 5.97 Å². The number of methoxy groups -OCH3 is 1. The third kappa shape index (κ3) is 4.44. The van der Waals surface area contributed by atoms with Crippen molar-refractivity contribution in [3.8, 4) is 11.5 Å². The fourth-order valence-electron chi connectivity index (χ4n) is 2.73. The van der Waals surface area contributed by atoms with E-state index in [4.69, 9.17) is 14.2 Å². The van der Waals surface area contributed by atoms with Crippen LogP contribution >= 0.6 is 0 Å². The molecule has 138 valence electrons. The SMILES string of the molecule is COc1ccc(C(=O)C(C)OC(=O)COc2cccc3ccccc23)cc1. The molecule has 3 aromatic rings. The highest BCUT2D eigenvalue weighted by atomic mass is 16.6. The Labute approximate surface area is 157 Å². The number of ether oxygens (including phenoxy) is 3. The molecule has 1 atom stereocenters. The Kier molecular flexibility index (Phi) is 5.71. The highest BCUT2D eigenvalue weighted by Gasteiger charge is 2.20. The highest BCUT2D eigenvalue weighted by Crippen LogP contribution is 2.25. The quantitative estimate of drug-likeness (QED) is 0.468. The van der Waals surface area contributed by atoms with E-state index in [1.54, 1.807) is 44.4 Å². The number of benzene rings is 3. The molecule has 0 saturated carbocycles. The van der Waals surface area contributed by atoms with Crippen LogP contribution in [0.3, 0.4) is 0 Å². The monoisotopic (exact) mass is 364 g/mol. The summed E-state index contributed by atoms with van der Waals surface area (Å²) in [5.41, 5.74) is 0.450. The zero-order valence-corrected chi connectivity index (χ0v) is 15.2. The molecule has 3 aromatic carbocycles. The summed E-state index contributed by atoms with van der Waals surface area (Å²) in [7, 11) is 1.55. The van der Waals surface area contributed by atoms with E-state index in [1.165, 1.54) is 0 Å². The second kappa shape index (κ2) is 8.36. The Bertz CT molecular complexity index is 941. The molecule has 0 heterocycles. The first-order valence-electron chi connectivity index (χ1n) is 8.57. The molecule has 1 unspecified atom stereocenters. The van der Waals surface area contributed by atoms with Gasteiger partial charge in [-0.05, 0) is 42.6 Å². The van der Waals surface area contributed by atoms with Crippen molar-refractivity contribution >= 4 is 22.5 Å². The maximum Gasteiger partial charge on any atom is 0.344 e. The summed E-state index contributed by atoms with van der Waals surface area (Å²) in [6.07, 6.45) is -0.901. The summed E-state index contributed by atoms with van der Waals surface area (Å²) < 4.78 is 15.9. The Morgan fingerprint density at radius 3 is 2.37 bits per heavy atom. The molecule has 5 heteroatoms. The minimum atomic E-state index is -0.901. The molecule has 3 rings (SSSR count). The Balaban J connectivity index is 1.58. The molecule has 0 aromatic heterocycles. The number of ketones is 1. The maximum absolute atomic E-state index is 12.4. The first-order chi connectivity index (χ1) is 13.1. The molecule has 0 aliphatic rings. The molecular formula is C22H20O5. The van der Waals surface area contributed by atoms with Crippen LogP contribution in [0.1, 0.15) is 17.3 Å². The van der Waals surface area contributed by atoms with Crippen molar-refractivity contribution in [1.29, 1.82) is 0 Å². The summed E-state index contributed by atoms with van der Waals surface area (Å²) in [5, 5.41) is 1.93. The Morgan fingerprint density at radius 2 is 1.63 bits per heavy atom. The summed E-state index contributed by atoms with van der Waals surface area (Å²) >= 11 is 0. The van der Waals surface area contributed by atoms with E-state index in [0.717, 1.165) is 10.8 Å². The minimum Gasteiger partial charge on any atom is -0.497 e. The van der Waals surface area contributed by atoms with Crippen LogP contribution < -0.4 is 9.47 Å². The largest absolute Gasteiger partial charge is 0.497 e. The van der Waals surface area contributed by atoms with Gasteiger partial charge in [0.05, 0.1) is 7.11 Å². The maximum atomic E-state index is 12.4. The van der Waals surface area contributed by atoms with E-state index in [9.17, 15) is 9.59 Å². The molecule has 0 amide bonds. The molecule has 27 heavy (non-hydrogen) atoms. The van der Waals surface area contributed by atoms with Crippen molar-refractivity contribution < 1.29 is 23.8 Å². The van der Waals surface area contributed by atoms with E-state index < -0.39 is 12.1 Å². The van der Waals surface area contributed by atoms with E-state index in [2.05, 4.69) is 0 Å². The van der Waals surface area contributed by atoms with Crippen LogP contribution in [0.15, 0.2) is 66.7 Å². The van der Waals surface area contributed by atoms with Gasteiger partial charge in [-0.15, -0.1) is 0 Å². The molecule has 0 N–H and O–H groups in total. The summed E-state index contributed by atoms with van der Waals surface area (Å²) in [6, 6.07) is 20.0. The van der Waals surface area contributed by atoms with Crippen LogP contribution in [0.4, 0.5) is 0 Å². The zero-order valence-electron chi connectivity index (χ0n) is 15.2. The smallest absolute Gasteiger partial charge is 0.344 e. The van der Waals surface area contributed by atoms with Crippen LogP contribution in [0, 0.1) is 0 Å². The predicted octanol–water partition coefficient (Wildman–Crippen LogP) is 4.04. The average Bonchev–Trinajstić information content (AvgIpc) is 2.71. The molecular weight excluding hydrogens is 344 g/mol. The summed E-state index contributed by atoms with van der Waals surface area (Å²) in [4.78, 5) is 24.4. The Morgan fingerprint density at radius 1 is 0.926 bits per heavy atom. The molecule has 0 bridgehead atoms. The van der Waals surface area contributed by atoms with Crippen molar-refractivity contribution in [2.45, 2.75) is 13.0 Å². The van der Waals surface area contributed by atoms with Crippen LogP contribution in [-0.4, -0.2) is 31.6 Å². The van der Waals surface area contributed by atoms with Crippen molar-refractivity contribution in [2.75, 3.05) is 13.7 Å². The highest BCUT2D eigenvalue weighted by molar-refractivity contribution is 6.00. The predicted molar refractivity (Wildman–Crippen MR) is 102 cm³/mol. The number of esters is 1. The van der Waals surface area contributed by atoms with Gasteiger partial charge in [0.15, 0.2) is 12.7 Å². The first-order valence-corrected chi connectivity index (χ1v) is 8.57. The number of hydrogen-bond acceptors (Lipinski definition) is 5. The van der Waals surface area contributed by atoms with Crippen LogP contribution in [0.5, 0.6) is 11.5 Å². The van der Waals surface area contributed by atoms with E-state index in [-0.39, 0.29) is 12.4 Å². The number of rotatable bonds is 7. The minimum absolute atomic E-state index is 0.270. The molecule has 5 nitrogen and oxygen atoms in total. The zero-order chi connectivity index (χ0) is 19.2. The van der Waals surface area contributed by atoms with Crippen molar-refractivity contribution in [3.63, 3.8) is 0 Å². The normalized spacial score (nSPS) is 11.6. The number of Topliss-reactive ketones (excluding diaryl/α,β-unsaturated/α-hetero) is 1. The van der Waals surface area contributed by atoms with Crippen molar-refractivity contribution in [3.05, 3.63) is 72.3 Å². The van der Waals surface area contributed by atoms with Crippen molar-refractivity contribution in [1.82, 2.24) is 0 Å². The summed E-state index contributed by atoms with van der Waals surface area (Å²) in [5.74, 6) is 0.368. The third-order valence-corrected chi connectivity index (χ3v) is 4.15. The fraction of sp³-hybridized carbons (Fsp3) is 0.182. The lowest BCUT2D eigenvalue weighted by Crippen LogP contribution is -2.27. The van der Waals surface area contributed by atoms with Crippen LogP contribution in [0.2, 0.25) is 0 Å². The molecule has 0 saturated heterocycles. The van der Waals surface area contributed by atoms with Crippen LogP contribution in [0.25, 0.3) is 10.8 Å². The van der Waals surface area contributed by atoms with Crippen LogP contribution in [-0.2, 0) is 9.53 Å². The number of carbonyl (C=O) groups excluding carboxylic acids is 2. The van der Waals surface area contributed by atoms with Gasteiger partial charge in [-0.2, -0.15) is 0 Å². The van der Waals surface area contributed by atoms with Gasteiger partial charge in [0.1, 0.15) is 11.5 Å². The first kappa shape index (κ1) is 18.5. The average molecular weight is 364 g/mol. The van der Waals surface area contributed by atoms with Gasteiger partial charge in [-0.3, -0.25) is 4.79 Å². The molecule has 0 aliphatic heterocycles. The molecule has 0 spiro atoms. The van der Waals surface area contributed by atoms with Crippen molar-refractivity contribution in [2.24, 2.45) is 0 Å². The van der Waals surface area contributed by atoms with Gasteiger partial charge in [0.2, 0.25) is 5.78 Å². The topological polar surface area (TPSA) is 61.8 Å². The van der Waals surface area contributed by atoms with Gasteiger partial charge in [-0.25, -0.2) is 4.79 Å². The van der Waals surface area contributed by atoms with E-state index in [0.29, 0.717) is 17.1 Å². The van der Waals surface area contributed by atoms with Gasteiger partial charge in [0.25, 0.3) is 0 Å². The Hall–Kier alpha value is -3.34. The number of hydrogen-bond donors (Lipinski definition) is 0. The standard InChI is InChI=1S/C22H20O5/c1-15(22(24)17-10-12-18(25-2)13-11-17)27-21(23)14-26-20-9-5-7-16-6-3-4-8-19(16)20/h3-13,15H,14H2,1-2H3. The fourth-order valence-corrected chi connectivity index (χ4v) is 2.73. The second-order valence-electron chi connectivity index (χ2n) is 5.99. The van der Waals surface area contributed by atoms with Gasteiger partial charge in [0, 0.05) is 10.9 Å². The molecule has 0 fully saturated rings. The summed E-state index contributed by atoms with van der Waals surface area (Å²) in [6.45, 7) is 1.27. The lowest BCUT2D eigenvalue weighted by molar-refractivity contribution is -0.148. The molecule has 0 aliphatic carbocycles. The third-order valence-electron chi connectivity index (χ3n) is 4.15. The second-order valence-corrected chi connectivity index (χ2v) is 5.99. The van der Waals surface area contributed by atoms with Gasteiger partial charge < -0.3 is 14.2 Å².